The zero-order valence-electron chi connectivity index (χ0n) is 9.84. The predicted molar refractivity (Wildman–Crippen MR) is 74.9 cm³/mol. The van der Waals surface area contributed by atoms with Crippen LogP contribution in [0.1, 0.15) is 6.42 Å². The molecule has 1 aromatic carbocycles. The molecule has 0 aliphatic rings. The summed E-state index contributed by atoms with van der Waals surface area (Å²) in [5.41, 5.74) is 0. The van der Waals surface area contributed by atoms with E-state index >= 15 is 0 Å². The van der Waals surface area contributed by atoms with E-state index in [0.717, 1.165) is 25.3 Å². The third kappa shape index (κ3) is 4.03. The number of ether oxygens (including phenoxy) is 1. The molecule has 0 aliphatic carbocycles. The third-order valence-electron chi connectivity index (χ3n) is 2.47. The number of imidazole rings is 1. The van der Waals surface area contributed by atoms with E-state index in [1.54, 1.807) is 0 Å². The average Bonchev–Trinajstić information content (AvgIpc) is 2.73. The standard InChI is InChI=1S/C13H16IN2O/c1-15-8-9-16(11-15)7-2-10-17-13-5-3-12(14)4-6-13/h3-6,8-9,11H,2,7,10H2,1H3/q+1. The van der Waals surface area contributed by atoms with Gasteiger partial charge in [-0.1, -0.05) is 0 Å². The van der Waals surface area contributed by atoms with Gasteiger partial charge >= 0.3 is 0 Å². The van der Waals surface area contributed by atoms with E-state index in [-0.39, 0.29) is 0 Å². The van der Waals surface area contributed by atoms with Crippen LogP contribution in [0.25, 0.3) is 0 Å². The molecule has 0 atom stereocenters. The molecule has 2 aromatic rings. The molecule has 0 fully saturated rings. The Labute approximate surface area is 115 Å². The van der Waals surface area contributed by atoms with Gasteiger partial charge in [0.05, 0.1) is 20.2 Å². The lowest BCUT2D eigenvalue weighted by Crippen LogP contribution is -2.23. The zero-order chi connectivity index (χ0) is 12.1. The van der Waals surface area contributed by atoms with E-state index < -0.39 is 0 Å². The summed E-state index contributed by atoms with van der Waals surface area (Å²) in [6.45, 7) is 1.74. The van der Waals surface area contributed by atoms with Crippen molar-refractivity contribution >= 4 is 22.6 Å². The predicted octanol–water partition coefficient (Wildman–Crippen LogP) is 2.39. The number of halogens is 1. The third-order valence-corrected chi connectivity index (χ3v) is 3.19. The Morgan fingerprint density at radius 2 is 2.06 bits per heavy atom. The van der Waals surface area contributed by atoms with Crippen LogP contribution >= 0.6 is 22.6 Å². The number of aryl methyl sites for hydroxylation is 2. The summed E-state index contributed by atoms with van der Waals surface area (Å²) in [5, 5.41) is 0. The Balaban J connectivity index is 1.71. The highest BCUT2D eigenvalue weighted by Gasteiger charge is 2.00. The molecular weight excluding hydrogens is 327 g/mol. The van der Waals surface area contributed by atoms with Crippen LogP contribution in [0.2, 0.25) is 0 Å². The van der Waals surface area contributed by atoms with Crippen LogP contribution in [0.3, 0.4) is 0 Å². The minimum Gasteiger partial charge on any atom is -0.493 e. The number of aromatic nitrogens is 2. The van der Waals surface area contributed by atoms with Crippen molar-refractivity contribution in [3.8, 4) is 5.75 Å². The fourth-order valence-electron chi connectivity index (χ4n) is 1.60. The van der Waals surface area contributed by atoms with Crippen molar-refractivity contribution in [3.63, 3.8) is 0 Å². The first-order valence-corrected chi connectivity index (χ1v) is 6.71. The van der Waals surface area contributed by atoms with Crippen LogP contribution in [0.15, 0.2) is 43.0 Å². The second kappa shape index (κ2) is 6.05. The first kappa shape index (κ1) is 12.4. The monoisotopic (exact) mass is 343 g/mol. The first-order valence-electron chi connectivity index (χ1n) is 5.63. The molecule has 0 bridgehead atoms. The van der Waals surface area contributed by atoms with Crippen LogP contribution in [-0.4, -0.2) is 11.2 Å². The molecular formula is C13H16IN2O+. The maximum Gasteiger partial charge on any atom is 0.243 e. The summed E-state index contributed by atoms with van der Waals surface area (Å²) in [4.78, 5) is 0. The smallest absolute Gasteiger partial charge is 0.243 e. The summed E-state index contributed by atoms with van der Waals surface area (Å²) in [6.07, 6.45) is 7.20. The van der Waals surface area contributed by atoms with Gasteiger partial charge in [0, 0.05) is 9.99 Å². The topological polar surface area (TPSA) is 18.0 Å². The summed E-state index contributed by atoms with van der Waals surface area (Å²) in [7, 11) is 2.03. The lowest BCUT2D eigenvalue weighted by molar-refractivity contribution is -0.671. The minimum atomic E-state index is 0.752. The molecule has 0 aliphatic heterocycles. The molecule has 90 valence electrons. The van der Waals surface area contributed by atoms with Gasteiger partial charge in [0.1, 0.15) is 18.1 Å². The Hall–Kier alpha value is -1.04. The number of nitrogens with zero attached hydrogens (tertiary/aromatic N) is 2. The molecule has 17 heavy (non-hydrogen) atoms. The molecule has 3 nitrogen and oxygen atoms in total. The molecule has 2 rings (SSSR count). The van der Waals surface area contributed by atoms with Crippen molar-refractivity contribution in [2.24, 2.45) is 7.05 Å². The van der Waals surface area contributed by atoms with E-state index in [4.69, 9.17) is 4.74 Å². The Kier molecular flexibility index (Phi) is 4.42. The first-order chi connectivity index (χ1) is 8.24. The van der Waals surface area contributed by atoms with Crippen LogP contribution < -0.4 is 9.30 Å². The maximum atomic E-state index is 5.67. The molecule has 0 saturated heterocycles. The molecule has 0 radical (unpaired) electrons. The lowest BCUT2D eigenvalue weighted by atomic mass is 10.3. The Morgan fingerprint density at radius 3 is 2.71 bits per heavy atom. The molecule has 0 amide bonds. The SMILES string of the molecule is C[n+]1ccn(CCCOc2ccc(I)cc2)c1. The van der Waals surface area contributed by atoms with E-state index in [0.29, 0.717) is 0 Å². The van der Waals surface area contributed by atoms with Gasteiger partial charge in [-0.3, -0.25) is 0 Å². The molecule has 1 heterocycles. The van der Waals surface area contributed by atoms with Gasteiger partial charge in [-0.15, -0.1) is 0 Å². The van der Waals surface area contributed by atoms with Gasteiger partial charge < -0.3 is 4.74 Å². The van der Waals surface area contributed by atoms with E-state index in [2.05, 4.69) is 51.8 Å². The van der Waals surface area contributed by atoms with Crippen LogP contribution in [-0.2, 0) is 13.6 Å². The summed E-state index contributed by atoms with van der Waals surface area (Å²) < 4.78 is 11.1. The molecule has 0 unspecified atom stereocenters. The quantitative estimate of drug-likeness (QED) is 0.463. The number of benzene rings is 1. The highest BCUT2D eigenvalue weighted by atomic mass is 127. The van der Waals surface area contributed by atoms with Crippen molar-refractivity contribution in [2.75, 3.05) is 6.61 Å². The molecule has 4 heteroatoms. The largest absolute Gasteiger partial charge is 0.493 e. The van der Waals surface area contributed by atoms with Crippen molar-refractivity contribution in [2.45, 2.75) is 13.0 Å². The van der Waals surface area contributed by atoms with Gasteiger partial charge in [-0.05, 0) is 46.9 Å². The fourth-order valence-corrected chi connectivity index (χ4v) is 1.96. The van der Waals surface area contributed by atoms with Gasteiger partial charge in [0.15, 0.2) is 0 Å². The second-order valence-corrected chi connectivity index (χ2v) is 5.22. The Bertz CT molecular complexity index is 465. The normalized spacial score (nSPS) is 10.5. The van der Waals surface area contributed by atoms with Crippen LogP contribution in [0.5, 0.6) is 5.75 Å². The summed E-state index contributed by atoms with van der Waals surface area (Å²) in [5.74, 6) is 0.948. The van der Waals surface area contributed by atoms with Crippen LogP contribution in [0, 0.1) is 3.57 Å². The minimum absolute atomic E-state index is 0.752. The highest BCUT2D eigenvalue weighted by molar-refractivity contribution is 14.1. The number of hydrogen-bond acceptors (Lipinski definition) is 1. The summed E-state index contributed by atoms with van der Waals surface area (Å²) >= 11 is 2.29. The van der Waals surface area contributed by atoms with Crippen molar-refractivity contribution in [3.05, 3.63) is 46.6 Å². The van der Waals surface area contributed by atoms with Gasteiger partial charge in [-0.25, -0.2) is 9.13 Å². The number of rotatable bonds is 5. The van der Waals surface area contributed by atoms with Crippen molar-refractivity contribution in [1.29, 1.82) is 0 Å². The molecule has 0 N–H and O–H groups in total. The van der Waals surface area contributed by atoms with Crippen molar-refractivity contribution < 1.29 is 9.30 Å². The molecule has 0 saturated carbocycles. The maximum absolute atomic E-state index is 5.67. The van der Waals surface area contributed by atoms with E-state index in [9.17, 15) is 0 Å². The van der Waals surface area contributed by atoms with Gasteiger partial charge in [0.2, 0.25) is 6.33 Å². The van der Waals surface area contributed by atoms with Crippen molar-refractivity contribution in [1.82, 2.24) is 4.57 Å². The average molecular weight is 343 g/mol. The zero-order valence-corrected chi connectivity index (χ0v) is 12.0. The van der Waals surface area contributed by atoms with E-state index in [1.165, 1.54) is 3.57 Å². The molecule has 0 spiro atoms. The van der Waals surface area contributed by atoms with Gasteiger partial charge in [-0.2, -0.15) is 0 Å². The molecule has 1 aromatic heterocycles. The Morgan fingerprint density at radius 1 is 1.29 bits per heavy atom. The highest BCUT2D eigenvalue weighted by Crippen LogP contribution is 2.13. The van der Waals surface area contributed by atoms with E-state index in [1.807, 2.05) is 29.9 Å². The van der Waals surface area contributed by atoms with Crippen LogP contribution in [0.4, 0.5) is 0 Å². The summed E-state index contributed by atoms with van der Waals surface area (Å²) in [6, 6.07) is 8.14. The van der Waals surface area contributed by atoms with Gasteiger partial charge in [0.25, 0.3) is 0 Å². The lowest BCUT2D eigenvalue weighted by Gasteiger charge is -2.04. The second-order valence-electron chi connectivity index (χ2n) is 3.97. The fraction of sp³-hybridized carbons (Fsp3) is 0.308. The number of hydrogen-bond donors (Lipinski definition) is 0.